The van der Waals surface area contributed by atoms with Gasteiger partial charge in [0.15, 0.2) is 0 Å². The molecular formula is C31H22Cl3N3O2. The van der Waals surface area contributed by atoms with Crippen LogP contribution in [0.5, 0.6) is 5.75 Å². The zero-order valence-electron chi connectivity index (χ0n) is 20.6. The molecule has 39 heavy (non-hydrogen) atoms. The van der Waals surface area contributed by atoms with Crippen LogP contribution in [0.25, 0.3) is 11.3 Å². The van der Waals surface area contributed by atoms with Crippen LogP contribution in [0.15, 0.2) is 97.1 Å². The minimum atomic E-state index is -0.384. The Labute approximate surface area is 240 Å². The third kappa shape index (κ3) is 5.01. The number of H-pyrrole nitrogens is 1. The van der Waals surface area contributed by atoms with E-state index in [-0.39, 0.29) is 11.9 Å². The van der Waals surface area contributed by atoms with Gasteiger partial charge in [-0.05, 0) is 47.5 Å². The minimum Gasteiger partial charge on any atom is -0.489 e. The maximum absolute atomic E-state index is 13.7. The van der Waals surface area contributed by atoms with Gasteiger partial charge < -0.3 is 9.64 Å². The number of hydrogen-bond donors (Lipinski definition) is 1. The Morgan fingerprint density at radius 3 is 2.10 bits per heavy atom. The molecule has 2 heterocycles. The van der Waals surface area contributed by atoms with Gasteiger partial charge in [0.25, 0.3) is 5.91 Å². The van der Waals surface area contributed by atoms with Crippen LogP contribution >= 0.6 is 34.8 Å². The van der Waals surface area contributed by atoms with Crippen LogP contribution in [0.2, 0.25) is 15.1 Å². The highest BCUT2D eigenvalue weighted by atomic mass is 35.5. The third-order valence-electron chi connectivity index (χ3n) is 6.83. The fourth-order valence-electron chi connectivity index (χ4n) is 4.87. The molecule has 0 radical (unpaired) electrons. The van der Waals surface area contributed by atoms with Crippen LogP contribution in [0, 0.1) is 0 Å². The minimum absolute atomic E-state index is 0.137. The lowest BCUT2D eigenvalue weighted by atomic mass is 9.96. The van der Waals surface area contributed by atoms with Crippen molar-refractivity contribution in [1.29, 1.82) is 0 Å². The van der Waals surface area contributed by atoms with Crippen molar-refractivity contribution in [2.75, 3.05) is 0 Å². The quantitative estimate of drug-likeness (QED) is 0.212. The van der Waals surface area contributed by atoms with Crippen LogP contribution in [0.3, 0.4) is 0 Å². The number of amides is 1. The van der Waals surface area contributed by atoms with Gasteiger partial charge in [0.05, 0.1) is 11.7 Å². The average molecular weight is 575 g/mol. The maximum Gasteiger partial charge on any atom is 0.273 e. The fraction of sp³-hybridized carbons (Fsp3) is 0.0968. The molecule has 194 valence electrons. The van der Waals surface area contributed by atoms with Gasteiger partial charge in [-0.3, -0.25) is 9.89 Å². The molecule has 1 N–H and O–H groups in total. The molecule has 0 spiro atoms. The number of rotatable bonds is 7. The average Bonchev–Trinajstić information content (AvgIpc) is 3.49. The molecule has 0 saturated carbocycles. The summed E-state index contributed by atoms with van der Waals surface area (Å²) in [5.41, 5.74) is 5.57. The van der Waals surface area contributed by atoms with Gasteiger partial charge >= 0.3 is 0 Å². The Morgan fingerprint density at radius 2 is 1.44 bits per heavy atom. The van der Waals surface area contributed by atoms with Crippen molar-refractivity contribution >= 4 is 40.7 Å². The lowest BCUT2D eigenvalue weighted by Crippen LogP contribution is -2.29. The van der Waals surface area contributed by atoms with Crippen molar-refractivity contribution in [3.8, 4) is 17.0 Å². The Bertz CT molecular complexity index is 1650. The van der Waals surface area contributed by atoms with Gasteiger partial charge in [0, 0.05) is 38.3 Å². The molecule has 0 aliphatic carbocycles. The van der Waals surface area contributed by atoms with E-state index in [2.05, 4.69) is 10.2 Å². The Morgan fingerprint density at radius 1 is 0.795 bits per heavy atom. The number of fused-ring (bicyclic) bond motifs is 1. The molecular weight excluding hydrogens is 553 g/mol. The summed E-state index contributed by atoms with van der Waals surface area (Å²) in [6.45, 7) is 0.697. The highest BCUT2D eigenvalue weighted by Gasteiger charge is 2.42. The molecule has 6 rings (SSSR count). The van der Waals surface area contributed by atoms with Crippen LogP contribution in [-0.2, 0) is 13.2 Å². The molecule has 1 aromatic heterocycles. The van der Waals surface area contributed by atoms with E-state index in [1.165, 1.54) is 0 Å². The SMILES string of the molecule is O=C1c2[nH]nc(-c3ccc(Cl)cc3)c2C(c2ccc(OCc3ccccc3Cl)cc2)N1Cc1ccccc1Cl. The van der Waals surface area contributed by atoms with E-state index in [1.54, 1.807) is 0 Å². The van der Waals surface area contributed by atoms with E-state index in [4.69, 9.17) is 39.5 Å². The number of aromatic nitrogens is 2. The number of carbonyl (C=O) groups excluding carboxylic acids is 1. The molecule has 0 bridgehead atoms. The second-order valence-electron chi connectivity index (χ2n) is 9.24. The van der Waals surface area contributed by atoms with Crippen molar-refractivity contribution in [1.82, 2.24) is 15.1 Å². The highest BCUT2D eigenvalue weighted by Crippen LogP contribution is 2.44. The Kier molecular flexibility index (Phi) is 7.05. The van der Waals surface area contributed by atoms with E-state index >= 15 is 0 Å². The highest BCUT2D eigenvalue weighted by molar-refractivity contribution is 6.31. The summed E-state index contributed by atoms with van der Waals surface area (Å²) in [5, 5.41) is 9.43. The number of ether oxygens (including phenoxy) is 1. The summed E-state index contributed by atoms with van der Waals surface area (Å²) in [6, 6.07) is 30.0. The number of carbonyl (C=O) groups is 1. The summed E-state index contributed by atoms with van der Waals surface area (Å²) >= 11 is 18.9. The number of benzene rings is 4. The van der Waals surface area contributed by atoms with E-state index in [1.807, 2.05) is 102 Å². The van der Waals surface area contributed by atoms with E-state index < -0.39 is 0 Å². The van der Waals surface area contributed by atoms with Crippen LogP contribution in [0.4, 0.5) is 0 Å². The summed E-state index contributed by atoms with van der Waals surface area (Å²) in [4.78, 5) is 15.5. The smallest absolute Gasteiger partial charge is 0.273 e. The number of hydrogen-bond acceptors (Lipinski definition) is 3. The summed E-state index contributed by atoms with van der Waals surface area (Å²) < 4.78 is 6.00. The van der Waals surface area contributed by atoms with Crippen molar-refractivity contribution in [3.63, 3.8) is 0 Å². The lowest BCUT2D eigenvalue weighted by molar-refractivity contribution is 0.0730. The summed E-state index contributed by atoms with van der Waals surface area (Å²) in [5.74, 6) is 0.563. The predicted molar refractivity (Wildman–Crippen MR) is 154 cm³/mol. The summed E-state index contributed by atoms with van der Waals surface area (Å²) in [6.07, 6.45) is 0. The van der Waals surface area contributed by atoms with Gasteiger partial charge in [0.2, 0.25) is 0 Å². The van der Waals surface area contributed by atoms with Crippen molar-refractivity contribution in [2.24, 2.45) is 0 Å². The molecule has 5 aromatic rings. The second-order valence-corrected chi connectivity index (χ2v) is 10.5. The number of aromatic amines is 1. The van der Waals surface area contributed by atoms with Gasteiger partial charge in [-0.15, -0.1) is 0 Å². The molecule has 1 amide bonds. The first-order valence-electron chi connectivity index (χ1n) is 12.3. The second kappa shape index (κ2) is 10.8. The monoisotopic (exact) mass is 573 g/mol. The Balaban J connectivity index is 1.36. The van der Waals surface area contributed by atoms with Crippen molar-refractivity contribution in [3.05, 3.63) is 140 Å². The molecule has 0 saturated heterocycles. The van der Waals surface area contributed by atoms with Gasteiger partial charge in [-0.25, -0.2) is 0 Å². The number of nitrogens with zero attached hydrogens (tertiary/aromatic N) is 2. The Hall–Kier alpha value is -3.77. The first-order valence-corrected chi connectivity index (χ1v) is 13.5. The third-order valence-corrected chi connectivity index (χ3v) is 7.82. The van der Waals surface area contributed by atoms with Crippen molar-refractivity contribution < 1.29 is 9.53 Å². The molecule has 1 unspecified atom stereocenters. The topological polar surface area (TPSA) is 58.2 Å². The zero-order chi connectivity index (χ0) is 26.9. The first-order chi connectivity index (χ1) is 19.0. The molecule has 8 heteroatoms. The standard InChI is InChI=1S/C31H22Cl3N3O2/c32-23-13-9-19(10-14-23)28-27-29(36-35-28)31(38)37(17-21-5-1-3-7-25(21)33)30(27)20-11-15-24(16-12-20)39-18-22-6-2-4-8-26(22)34/h1-16,30H,17-18H2,(H,35,36). The molecule has 1 aliphatic heterocycles. The van der Waals surface area contributed by atoms with E-state index in [0.717, 1.165) is 27.8 Å². The zero-order valence-corrected chi connectivity index (χ0v) is 22.8. The summed E-state index contributed by atoms with van der Waals surface area (Å²) in [7, 11) is 0. The largest absolute Gasteiger partial charge is 0.489 e. The molecule has 4 aromatic carbocycles. The van der Waals surface area contributed by atoms with E-state index in [0.29, 0.717) is 45.4 Å². The predicted octanol–water partition coefficient (Wildman–Crippen LogP) is 8.36. The molecule has 1 aliphatic rings. The van der Waals surface area contributed by atoms with Crippen LogP contribution in [0.1, 0.15) is 38.8 Å². The first kappa shape index (κ1) is 25.5. The van der Waals surface area contributed by atoms with Gasteiger partial charge in [0.1, 0.15) is 18.1 Å². The lowest BCUT2D eigenvalue weighted by Gasteiger charge is -2.27. The van der Waals surface area contributed by atoms with Gasteiger partial charge in [-0.1, -0.05) is 95.5 Å². The molecule has 5 nitrogen and oxygen atoms in total. The maximum atomic E-state index is 13.7. The van der Waals surface area contributed by atoms with Gasteiger partial charge in [-0.2, -0.15) is 5.10 Å². The number of nitrogens with one attached hydrogen (secondary N) is 1. The normalized spacial score (nSPS) is 14.5. The number of halogens is 3. The van der Waals surface area contributed by atoms with Crippen LogP contribution in [-0.4, -0.2) is 21.0 Å². The fourth-order valence-corrected chi connectivity index (χ4v) is 5.38. The molecule has 1 atom stereocenters. The molecule has 0 fully saturated rings. The van der Waals surface area contributed by atoms with Crippen molar-refractivity contribution in [2.45, 2.75) is 19.2 Å². The van der Waals surface area contributed by atoms with Crippen LogP contribution < -0.4 is 4.74 Å². The van der Waals surface area contributed by atoms with E-state index in [9.17, 15) is 4.79 Å².